The van der Waals surface area contributed by atoms with E-state index >= 15 is 0 Å². The number of esters is 2. The summed E-state index contributed by atoms with van der Waals surface area (Å²) >= 11 is 0. The van der Waals surface area contributed by atoms with Gasteiger partial charge in [-0.15, -0.1) is 0 Å². The number of aliphatic hydroxyl groups is 1. The Morgan fingerprint density at radius 2 is 1.88 bits per heavy atom. The monoisotopic (exact) mass is 372 g/mol. The number of ether oxygens (including phenoxy) is 4. The van der Waals surface area contributed by atoms with E-state index in [0.29, 0.717) is 0 Å². The summed E-state index contributed by atoms with van der Waals surface area (Å²) in [6, 6.07) is 1.11. The summed E-state index contributed by atoms with van der Waals surface area (Å²) in [5.74, 6) is -2.99. The first-order valence-electron chi connectivity index (χ1n) is 7.67. The maximum atomic E-state index is 12.0. The van der Waals surface area contributed by atoms with Gasteiger partial charge in [-0.1, -0.05) is 0 Å². The Bertz CT molecular complexity index is 755. The molecule has 1 aromatic heterocycles. The van der Waals surface area contributed by atoms with Crippen LogP contribution in [0.3, 0.4) is 0 Å². The van der Waals surface area contributed by atoms with E-state index < -0.39 is 53.6 Å². The average Bonchev–Trinajstić information content (AvgIpc) is 2.93. The van der Waals surface area contributed by atoms with Gasteiger partial charge in [0.1, 0.15) is 12.2 Å². The van der Waals surface area contributed by atoms with Crippen molar-refractivity contribution >= 4 is 11.9 Å². The van der Waals surface area contributed by atoms with Crippen LogP contribution in [-0.4, -0.2) is 66.2 Å². The molecule has 2 rings (SSSR count). The number of nitrogens with zero attached hydrogens (tertiary/aromatic N) is 1. The third kappa shape index (κ3) is 3.84. The molecule has 1 aliphatic rings. The van der Waals surface area contributed by atoms with Gasteiger partial charge >= 0.3 is 17.6 Å². The second-order valence-electron chi connectivity index (χ2n) is 5.61. The van der Waals surface area contributed by atoms with Gasteiger partial charge in [0.25, 0.3) is 5.56 Å². The van der Waals surface area contributed by atoms with Crippen molar-refractivity contribution in [3.63, 3.8) is 0 Å². The fourth-order valence-corrected chi connectivity index (χ4v) is 2.83. The molecule has 26 heavy (non-hydrogen) atoms. The molecular formula is C15H20N2O9. The maximum Gasteiger partial charge on any atom is 0.330 e. The number of aliphatic hydroxyl groups excluding tert-OH is 1. The zero-order valence-corrected chi connectivity index (χ0v) is 14.4. The quantitative estimate of drug-likeness (QED) is 0.434. The fraction of sp³-hybridized carbons (Fsp3) is 0.600. The van der Waals surface area contributed by atoms with E-state index in [1.165, 1.54) is 13.3 Å². The Kier molecular flexibility index (Phi) is 6.29. The van der Waals surface area contributed by atoms with E-state index in [-0.39, 0.29) is 6.42 Å². The number of nitrogens with one attached hydrogen (secondary N) is 1. The Labute approximate surface area is 147 Å². The molecule has 2 N–H and O–H groups in total. The van der Waals surface area contributed by atoms with Crippen LogP contribution in [0.15, 0.2) is 21.9 Å². The topological polar surface area (TPSA) is 146 Å². The van der Waals surface area contributed by atoms with Crippen molar-refractivity contribution in [3.05, 3.63) is 33.1 Å². The van der Waals surface area contributed by atoms with Crippen molar-refractivity contribution in [1.29, 1.82) is 0 Å². The Balaban J connectivity index is 2.28. The summed E-state index contributed by atoms with van der Waals surface area (Å²) in [5.41, 5.74) is -1.35. The first-order chi connectivity index (χ1) is 12.3. The summed E-state index contributed by atoms with van der Waals surface area (Å²) < 4.78 is 21.1. The molecule has 2 heterocycles. The van der Waals surface area contributed by atoms with E-state index in [1.807, 2.05) is 0 Å². The van der Waals surface area contributed by atoms with Crippen LogP contribution in [0.2, 0.25) is 0 Å². The van der Waals surface area contributed by atoms with Gasteiger partial charge in [-0.05, 0) is 0 Å². The van der Waals surface area contributed by atoms with E-state index in [9.17, 15) is 24.3 Å². The first-order valence-corrected chi connectivity index (χ1v) is 7.67. The molecule has 144 valence electrons. The first kappa shape index (κ1) is 19.8. The summed E-state index contributed by atoms with van der Waals surface area (Å²) in [4.78, 5) is 48.9. The van der Waals surface area contributed by atoms with Crippen LogP contribution in [-0.2, 0) is 28.5 Å². The number of hydrogen-bond donors (Lipinski definition) is 2. The van der Waals surface area contributed by atoms with Crippen LogP contribution in [0.1, 0.15) is 12.6 Å². The molecule has 4 atom stereocenters. The smallest absolute Gasteiger partial charge is 0.330 e. The highest BCUT2D eigenvalue weighted by molar-refractivity contribution is 5.94. The predicted molar refractivity (Wildman–Crippen MR) is 84.2 cm³/mol. The lowest BCUT2D eigenvalue weighted by molar-refractivity contribution is -0.161. The van der Waals surface area contributed by atoms with Gasteiger partial charge < -0.3 is 24.1 Å². The Morgan fingerprint density at radius 3 is 2.38 bits per heavy atom. The number of H-pyrrole nitrogens is 1. The lowest BCUT2D eigenvalue weighted by atomic mass is 9.97. The minimum absolute atomic E-state index is 0.241. The molecule has 0 aliphatic carbocycles. The summed E-state index contributed by atoms with van der Waals surface area (Å²) in [7, 11) is 3.54. The Morgan fingerprint density at radius 1 is 1.27 bits per heavy atom. The standard InChI is InChI=1S/C15H20N2O9/c1-23-11-10(19)8(6-7(13(20)24-2)14(21)25-3)26-12(11)17-5-4-9(18)16-15(17)22/h4-5,7-8,10-12,19H,6H2,1-3H3,(H,16,18,22)/t8-,10?,11?,12-/m1/s1. The number of aromatic amines is 1. The fourth-order valence-electron chi connectivity index (χ4n) is 2.83. The molecule has 0 saturated carbocycles. The largest absolute Gasteiger partial charge is 0.468 e. The van der Waals surface area contributed by atoms with Gasteiger partial charge in [-0.25, -0.2) is 4.79 Å². The molecule has 1 saturated heterocycles. The lowest BCUT2D eigenvalue weighted by Gasteiger charge is -2.20. The van der Waals surface area contributed by atoms with Gasteiger partial charge in [0.05, 0.1) is 20.3 Å². The van der Waals surface area contributed by atoms with Gasteiger partial charge in [0, 0.05) is 25.8 Å². The molecule has 0 radical (unpaired) electrons. The summed E-state index contributed by atoms with van der Waals surface area (Å²) in [6.07, 6.45) is -3.35. The molecule has 0 aromatic carbocycles. The van der Waals surface area contributed by atoms with Crippen LogP contribution in [0.25, 0.3) is 0 Å². The van der Waals surface area contributed by atoms with Crippen LogP contribution in [0.4, 0.5) is 0 Å². The minimum atomic E-state index is -1.31. The van der Waals surface area contributed by atoms with Crippen molar-refractivity contribution in [2.24, 2.45) is 5.92 Å². The van der Waals surface area contributed by atoms with Gasteiger partial charge in [0.15, 0.2) is 12.1 Å². The second-order valence-corrected chi connectivity index (χ2v) is 5.61. The van der Waals surface area contributed by atoms with Crippen molar-refractivity contribution in [2.45, 2.75) is 31.0 Å². The van der Waals surface area contributed by atoms with E-state index in [0.717, 1.165) is 24.9 Å². The summed E-state index contributed by atoms with van der Waals surface area (Å²) in [6.45, 7) is 0. The molecule has 0 amide bonds. The highest BCUT2D eigenvalue weighted by atomic mass is 16.6. The molecular weight excluding hydrogens is 352 g/mol. The molecule has 11 heteroatoms. The number of hydrogen-bond acceptors (Lipinski definition) is 9. The third-order valence-electron chi connectivity index (χ3n) is 4.15. The highest BCUT2D eigenvalue weighted by Gasteiger charge is 2.48. The molecule has 0 spiro atoms. The molecule has 1 aliphatic heterocycles. The van der Waals surface area contributed by atoms with Gasteiger partial charge in [-0.2, -0.15) is 0 Å². The number of carbonyl (C=O) groups excluding carboxylic acids is 2. The molecule has 2 unspecified atom stereocenters. The lowest BCUT2D eigenvalue weighted by Crippen LogP contribution is -2.39. The maximum absolute atomic E-state index is 12.0. The zero-order valence-electron chi connectivity index (χ0n) is 14.4. The second kappa shape index (κ2) is 8.25. The summed E-state index contributed by atoms with van der Waals surface area (Å²) in [5, 5.41) is 10.4. The highest BCUT2D eigenvalue weighted by Crippen LogP contribution is 2.33. The molecule has 0 bridgehead atoms. The number of carbonyl (C=O) groups is 2. The zero-order chi connectivity index (χ0) is 19.4. The van der Waals surface area contributed by atoms with Crippen LogP contribution >= 0.6 is 0 Å². The normalized spacial score (nSPS) is 25.3. The van der Waals surface area contributed by atoms with Crippen LogP contribution in [0, 0.1) is 5.92 Å². The number of methoxy groups -OCH3 is 3. The minimum Gasteiger partial charge on any atom is -0.468 e. The van der Waals surface area contributed by atoms with Gasteiger partial charge in [-0.3, -0.25) is 23.9 Å². The Hall–Kier alpha value is -2.50. The molecule has 1 aromatic rings. The SMILES string of the molecule is COC(=O)C(C[C@H]1O[C@@H](n2ccc(=O)[nH]c2=O)C(OC)C1O)C(=O)OC. The van der Waals surface area contributed by atoms with E-state index in [2.05, 4.69) is 14.5 Å². The van der Waals surface area contributed by atoms with Crippen LogP contribution in [0.5, 0.6) is 0 Å². The third-order valence-corrected chi connectivity index (χ3v) is 4.15. The van der Waals surface area contributed by atoms with Crippen molar-refractivity contribution < 1.29 is 33.6 Å². The molecule has 11 nitrogen and oxygen atoms in total. The van der Waals surface area contributed by atoms with Crippen LogP contribution < -0.4 is 11.2 Å². The number of rotatable bonds is 6. The molecule has 1 fully saturated rings. The van der Waals surface area contributed by atoms with Crippen molar-refractivity contribution in [2.75, 3.05) is 21.3 Å². The van der Waals surface area contributed by atoms with Crippen molar-refractivity contribution in [1.82, 2.24) is 9.55 Å². The average molecular weight is 372 g/mol. The van der Waals surface area contributed by atoms with Crippen molar-refractivity contribution in [3.8, 4) is 0 Å². The van der Waals surface area contributed by atoms with E-state index in [1.54, 1.807) is 0 Å². The van der Waals surface area contributed by atoms with E-state index in [4.69, 9.17) is 9.47 Å². The predicted octanol–water partition coefficient (Wildman–Crippen LogP) is -1.84. The number of aromatic nitrogens is 2. The van der Waals surface area contributed by atoms with Gasteiger partial charge in [0.2, 0.25) is 0 Å².